The van der Waals surface area contributed by atoms with Crippen molar-refractivity contribution in [1.82, 2.24) is 0 Å². The SMILES string of the molecule is O=C1C(Br)=COC2CC(Br)CCC12. The maximum absolute atomic E-state index is 11.7. The van der Waals surface area contributed by atoms with E-state index in [1.54, 1.807) is 0 Å². The second kappa shape index (κ2) is 3.73. The van der Waals surface area contributed by atoms with Crippen molar-refractivity contribution in [2.75, 3.05) is 0 Å². The molecule has 13 heavy (non-hydrogen) atoms. The predicted octanol–water partition coefficient (Wildman–Crippen LogP) is 2.75. The first kappa shape index (κ1) is 9.71. The summed E-state index contributed by atoms with van der Waals surface area (Å²) in [5, 5.41) is 0. The van der Waals surface area contributed by atoms with E-state index >= 15 is 0 Å². The van der Waals surface area contributed by atoms with Gasteiger partial charge in [-0.05, 0) is 35.2 Å². The standard InChI is InChI=1S/C9H10Br2O2/c10-5-1-2-6-8(3-5)13-4-7(11)9(6)12/h4-6,8H,1-3H2. The monoisotopic (exact) mass is 308 g/mol. The van der Waals surface area contributed by atoms with Crippen LogP contribution in [-0.2, 0) is 9.53 Å². The molecule has 1 aliphatic carbocycles. The maximum Gasteiger partial charge on any atom is 0.179 e. The van der Waals surface area contributed by atoms with Crippen LogP contribution in [0.1, 0.15) is 19.3 Å². The second-order valence-electron chi connectivity index (χ2n) is 3.52. The Morgan fingerprint density at radius 2 is 2.23 bits per heavy atom. The number of carbonyl (C=O) groups is 1. The first-order chi connectivity index (χ1) is 6.18. The summed E-state index contributed by atoms with van der Waals surface area (Å²) in [7, 11) is 0. The fraction of sp³-hybridized carbons (Fsp3) is 0.667. The lowest BCUT2D eigenvalue weighted by Crippen LogP contribution is -2.38. The van der Waals surface area contributed by atoms with Crippen molar-refractivity contribution in [3.63, 3.8) is 0 Å². The Labute approximate surface area is 94.0 Å². The van der Waals surface area contributed by atoms with Crippen LogP contribution in [0.3, 0.4) is 0 Å². The number of carbonyl (C=O) groups excluding carboxylic acids is 1. The molecular formula is C9H10Br2O2. The molecule has 0 bridgehead atoms. The van der Waals surface area contributed by atoms with Crippen molar-refractivity contribution < 1.29 is 9.53 Å². The minimum Gasteiger partial charge on any atom is -0.496 e. The number of alkyl halides is 1. The van der Waals surface area contributed by atoms with Crippen LogP contribution in [0.5, 0.6) is 0 Å². The number of rotatable bonds is 0. The molecule has 1 saturated carbocycles. The minimum atomic E-state index is 0.0770. The fourth-order valence-corrected chi connectivity index (χ4v) is 2.95. The van der Waals surface area contributed by atoms with Gasteiger partial charge >= 0.3 is 0 Å². The summed E-state index contributed by atoms with van der Waals surface area (Å²) in [5.74, 6) is 0.281. The number of Topliss-reactive ketones (excluding diaryl/α,β-unsaturated/α-hetero) is 1. The summed E-state index contributed by atoms with van der Waals surface area (Å²) in [6, 6.07) is 0. The van der Waals surface area contributed by atoms with Gasteiger partial charge in [0.2, 0.25) is 0 Å². The van der Waals surface area contributed by atoms with Gasteiger partial charge in [0.15, 0.2) is 5.78 Å². The van der Waals surface area contributed by atoms with Crippen molar-refractivity contribution in [2.24, 2.45) is 5.92 Å². The van der Waals surface area contributed by atoms with Crippen LogP contribution in [0, 0.1) is 5.92 Å². The van der Waals surface area contributed by atoms with Gasteiger partial charge in [0.05, 0.1) is 10.4 Å². The molecule has 1 aliphatic heterocycles. The van der Waals surface area contributed by atoms with Gasteiger partial charge in [-0.15, -0.1) is 0 Å². The van der Waals surface area contributed by atoms with Gasteiger partial charge in [0.25, 0.3) is 0 Å². The van der Waals surface area contributed by atoms with Gasteiger partial charge in [0, 0.05) is 4.83 Å². The molecule has 2 rings (SSSR count). The van der Waals surface area contributed by atoms with Crippen molar-refractivity contribution >= 4 is 37.6 Å². The van der Waals surface area contributed by atoms with E-state index in [4.69, 9.17) is 4.74 Å². The van der Waals surface area contributed by atoms with Crippen LogP contribution in [0.2, 0.25) is 0 Å². The summed E-state index contributed by atoms with van der Waals surface area (Å²) >= 11 is 6.77. The molecule has 72 valence electrons. The van der Waals surface area contributed by atoms with E-state index in [1.807, 2.05) is 0 Å². The van der Waals surface area contributed by atoms with Gasteiger partial charge in [0.1, 0.15) is 12.4 Å². The van der Waals surface area contributed by atoms with E-state index in [1.165, 1.54) is 6.26 Å². The lowest BCUT2D eigenvalue weighted by molar-refractivity contribution is -0.125. The summed E-state index contributed by atoms with van der Waals surface area (Å²) in [6.45, 7) is 0. The average molecular weight is 310 g/mol. The molecule has 4 heteroatoms. The van der Waals surface area contributed by atoms with Crippen LogP contribution in [0.15, 0.2) is 10.7 Å². The van der Waals surface area contributed by atoms with Crippen molar-refractivity contribution in [3.05, 3.63) is 10.7 Å². The van der Waals surface area contributed by atoms with Crippen molar-refractivity contribution in [3.8, 4) is 0 Å². The number of fused-ring (bicyclic) bond motifs is 1. The summed E-state index contributed by atoms with van der Waals surface area (Å²) in [5.41, 5.74) is 0. The normalized spacial score (nSPS) is 39.1. The van der Waals surface area contributed by atoms with Crippen LogP contribution in [0.4, 0.5) is 0 Å². The molecule has 0 amide bonds. The number of ketones is 1. The van der Waals surface area contributed by atoms with Crippen molar-refractivity contribution in [1.29, 1.82) is 0 Å². The largest absolute Gasteiger partial charge is 0.496 e. The van der Waals surface area contributed by atoms with E-state index in [2.05, 4.69) is 31.9 Å². The van der Waals surface area contributed by atoms with Crippen LogP contribution in [0.25, 0.3) is 0 Å². The first-order valence-corrected chi connectivity index (χ1v) is 6.09. The molecule has 0 radical (unpaired) electrons. The zero-order chi connectivity index (χ0) is 9.42. The number of allylic oxidation sites excluding steroid dienone is 1. The average Bonchev–Trinajstić information content (AvgIpc) is 2.12. The lowest BCUT2D eigenvalue weighted by Gasteiger charge is -2.34. The molecular weight excluding hydrogens is 300 g/mol. The summed E-state index contributed by atoms with van der Waals surface area (Å²) in [4.78, 5) is 12.2. The Morgan fingerprint density at radius 3 is 3.00 bits per heavy atom. The summed E-state index contributed by atoms with van der Waals surface area (Å²) < 4.78 is 6.06. The molecule has 1 heterocycles. The zero-order valence-electron chi connectivity index (χ0n) is 7.00. The van der Waals surface area contributed by atoms with Crippen LogP contribution < -0.4 is 0 Å². The number of hydrogen-bond acceptors (Lipinski definition) is 2. The highest BCUT2D eigenvalue weighted by molar-refractivity contribution is 9.12. The third-order valence-corrected chi connectivity index (χ3v) is 4.06. The fourth-order valence-electron chi connectivity index (χ4n) is 1.91. The third-order valence-electron chi connectivity index (χ3n) is 2.65. The minimum absolute atomic E-state index is 0.0770. The Hall–Kier alpha value is 0.170. The molecule has 1 fully saturated rings. The van der Waals surface area contributed by atoms with Crippen LogP contribution >= 0.6 is 31.9 Å². The molecule has 0 aromatic carbocycles. The van der Waals surface area contributed by atoms with E-state index in [-0.39, 0.29) is 17.8 Å². The van der Waals surface area contributed by atoms with Crippen molar-refractivity contribution in [2.45, 2.75) is 30.2 Å². The molecule has 0 aromatic heterocycles. The second-order valence-corrected chi connectivity index (χ2v) is 5.67. The Balaban J connectivity index is 2.16. The Bertz CT molecular complexity index is 262. The quantitative estimate of drug-likeness (QED) is 0.643. The number of hydrogen-bond donors (Lipinski definition) is 0. The number of halogens is 2. The van der Waals surface area contributed by atoms with E-state index < -0.39 is 0 Å². The number of ether oxygens (including phenoxy) is 1. The Kier molecular flexibility index (Phi) is 2.79. The van der Waals surface area contributed by atoms with Gasteiger partial charge in [-0.1, -0.05) is 15.9 Å². The third kappa shape index (κ3) is 1.84. The molecule has 3 atom stereocenters. The maximum atomic E-state index is 11.7. The van der Waals surface area contributed by atoms with Gasteiger partial charge in [-0.2, -0.15) is 0 Å². The lowest BCUT2D eigenvalue weighted by atomic mass is 9.82. The molecule has 0 aromatic rings. The molecule has 3 unspecified atom stereocenters. The molecule has 2 nitrogen and oxygen atoms in total. The summed E-state index contributed by atoms with van der Waals surface area (Å²) in [6.07, 6.45) is 4.56. The highest BCUT2D eigenvalue weighted by Crippen LogP contribution is 2.36. The predicted molar refractivity (Wildman–Crippen MR) is 56.9 cm³/mol. The molecule has 0 N–H and O–H groups in total. The Morgan fingerprint density at radius 1 is 1.46 bits per heavy atom. The van der Waals surface area contributed by atoms with Gasteiger partial charge in [-0.3, -0.25) is 4.79 Å². The molecule has 0 spiro atoms. The zero-order valence-corrected chi connectivity index (χ0v) is 10.2. The highest BCUT2D eigenvalue weighted by atomic mass is 79.9. The van der Waals surface area contributed by atoms with E-state index in [9.17, 15) is 4.79 Å². The van der Waals surface area contributed by atoms with Crippen LogP contribution in [-0.4, -0.2) is 16.7 Å². The van der Waals surface area contributed by atoms with Gasteiger partial charge in [-0.25, -0.2) is 0 Å². The topological polar surface area (TPSA) is 26.3 Å². The van der Waals surface area contributed by atoms with Gasteiger partial charge < -0.3 is 4.74 Å². The molecule has 0 saturated heterocycles. The van der Waals surface area contributed by atoms with E-state index in [0.717, 1.165) is 19.3 Å². The first-order valence-electron chi connectivity index (χ1n) is 4.38. The molecule has 2 aliphatic rings. The highest BCUT2D eigenvalue weighted by Gasteiger charge is 2.38. The van der Waals surface area contributed by atoms with E-state index in [0.29, 0.717) is 9.31 Å². The smallest absolute Gasteiger partial charge is 0.179 e.